The number of hydrogen-bond acceptors (Lipinski definition) is 12. The number of hydrogen-bond donors (Lipinski definition) is 6. The van der Waals surface area contributed by atoms with E-state index in [9.17, 15) is 29.4 Å². The SMILES string of the molecule is CC(=O)OO.N[C@@H](C(=O)N[C@@H]1C(=O)N2C(C(=O)O)=C(CSc3cn[nH]n3)CS[C@H]12)c1ccc(O)cc1. The van der Waals surface area contributed by atoms with Gasteiger partial charge in [-0.3, -0.25) is 14.5 Å². The topological polar surface area (TPSA) is 221 Å². The minimum absolute atomic E-state index is 0.0466. The normalized spacial score (nSPS) is 19.3. The number of aliphatic carboxylic acids is 1. The highest BCUT2D eigenvalue weighted by atomic mass is 32.2. The van der Waals surface area contributed by atoms with Gasteiger partial charge >= 0.3 is 11.9 Å². The van der Waals surface area contributed by atoms with Gasteiger partial charge in [-0.05, 0) is 23.3 Å². The molecule has 0 bridgehead atoms. The van der Waals surface area contributed by atoms with Crippen molar-refractivity contribution < 1.29 is 39.5 Å². The van der Waals surface area contributed by atoms with Gasteiger partial charge in [0, 0.05) is 18.4 Å². The number of H-pyrrole nitrogens is 1. The largest absolute Gasteiger partial charge is 0.508 e. The highest BCUT2D eigenvalue weighted by Gasteiger charge is 2.54. The van der Waals surface area contributed by atoms with Crippen LogP contribution in [0.15, 0.2) is 46.8 Å². The molecule has 3 heterocycles. The van der Waals surface area contributed by atoms with Crippen molar-refractivity contribution in [2.24, 2.45) is 5.73 Å². The molecule has 0 spiro atoms. The van der Waals surface area contributed by atoms with E-state index in [1.54, 1.807) is 0 Å². The van der Waals surface area contributed by atoms with Crippen LogP contribution in [0.3, 0.4) is 0 Å². The van der Waals surface area contributed by atoms with Gasteiger partial charge in [0.15, 0.2) is 0 Å². The smallest absolute Gasteiger partial charge is 0.352 e. The van der Waals surface area contributed by atoms with Crippen LogP contribution < -0.4 is 11.1 Å². The van der Waals surface area contributed by atoms with Gasteiger partial charge in [-0.2, -0.15) is 15.6 Å². The predicted molar refractivity (Wildman–Crippen MR) is 126 cm³/mol. The molecular weight excluding hydrogens is 516 g/mol. The fraction of sp³-hybridized carbons (Fsp3) is 0.300. The number of rotatable bonds is 7. The molecule has 2 aliphatic rings. The number of amides is 2. The number of carbonyl (C=O) groups is 4. The van der Waals surface area contributed by atoms with Crippen LogP contribution in [0.2, 0.25) is 0 Å². The van der Waals surface area contributed by atoms with E-state index in [0.29, 0.717) is 27.7 Å². The van der Waals surface area contributed by atoms with Crippen molar-refractivity contribution in [1.29, 1.82) is 0 Å². The molecule has 36 heavy (non-hydrogen) atoms. The summed E-state index contributed by atoms with van der Waals surface area (Å²) in [6.45, 7) is 1.11. The van der Waals surface area contributed by atoms with Crippen LogP contribution in [0.25, 0.3) is 0 Å². The van der Waals surface area contributed by atoms with Gasteiger partial charge in [-0.1, -0.05) is 23.9 Å². The number of phenols is 1. The van der Waals surface area contributed by atoms with Crippen LogP contribution in [-0.4, -0.2) is 82.5 Å². The van der Waals surface area contributed by atoms with E-state index in [1.807, 2.05) is 0 Å². The van der Waals surface area contributed by atoms with Crippen LogP contribution in [-0.2, 0) is 24.1 Å². The van der Waals surface area contributed by atoms with Crippen molar-refractivity contribution in [2.75, 3.05) is 11.5 Å². The molecule has 0 unspecified atom stereocenters. The van der Waals surface area contributed by atoms with Gasteiger partial charge in [0.05, 0.1) is 6.20 Å². The first-order chi connectivity index (χ1) is 17.1. The lowest BCUT2D eigenvalue weighted by atomic mass is 10.0. The first-order valence-electron chi connectivity index (χ1n) is 10.2. The first-order valence-corrected chi connectivity index (χ1v) is 12.2. The van der Waals surface area contributed by atoms with Crippen molar-refractivity contribution in [1.82, 2.24) is 25.6 Å². The molecule has 0 saturated carbocycles. The third kappa shape index (κ3) is 6.14. The number of carboxylic acid groups (broad SMARTS) is 1. The van der Waals surface area contributed by atoms with Gasteiger partial charge in [0.2, 0.25) is 5.91 Å². The molecule has 1 aromatic carbocycles. The maximum Gasteiger partial charge on any atom is 0.352 e. The third-order valence-electron chi connectivity index (χ3n) is 5.00. The van der Waals surface area contributed by atoms with Crippen molar-refractivity contribution in [3.63, 3.8) is 0 Å². The van der Waals surface area contributed by atoms with Crippen molar-refractivity contribution >= 4 is 47.3 Å². The molecule has 192 valence electrons. The lowest BCUT2D eigenvalue weighted by Crippen LogP contribution is -2.71. The Morgan fingerprint density at radius 2 is 2.03 bits per heavy atom. The molecule has 0 aliphatic carbocycles. The second kappa shape index (κ2) is 11.9. The van der Waals surface area contributed by atoms with E-state index in [-0.39, 0.29) is 11.4 Å². The van der Waals surface area contributed by atoms with Crippen molar-refractivity contribution in [2.45, 2.75) is 29.4 Å². The van der Waals surface area contributed by atoms with Crippen LogP contribution in [0, 0.1) is 0 Å². The number of aromatic amines is 1. The Labute approximate surface area is 212 Å². The Morgan fingerprint density at radius 3 is 2.58 bits per heavy atom. The summed E-state index contributed by atoms with van der Waals surface area (Å²) in [4.78, 5) is 50.8. The lowest BCUT2D eigenvalue weighted by Gasteiger charge is -2.49. The quantitative estimate of drug-likeness (QED) is 0.119. The number of aromatic nitrogens is 3. The van der Waals surface area contributed by atoms with Crippen LogP contribution >= 0.6 is 23.5 Å². The second-order valence-electron chi connectivity index (χ2n) is 7.40. The van der Waals surface area contributed by atoms with E-state index in [2.05, 4.69) is 25.6 Å². The molecule has 7 N–H and O–H groups in total. The molecule has 3 atom stereocenters. The Balaban J connectivity index is 0.000000658. The van der Waals surface area contributed by atoms with Crippen LogP contribution in [0.1, 0.15) is 18.5 Å². The zero-order valence-electron chi connectivity index (χ0n) is 18.7. The summed E-state index contributed by atoms with van der Waals surface area (Å²) >= 11 is 2.70. The standard InChI is InChI=1S/C18H18N6O5S2.C2H4O3/c19-12(8-1-3-10(25)4-2-8)15(26)21-13-16(27)24-14(18(28)29)9(7-31-17(13)24)6-30-11-5-20-23-22-11;1-2(3)5-4/h1-5,12-13,17,25H,6-7,19H2,(H,21,26)(H,28,29)(H,20,22,23);4H,1H3/t12-,13-,17-;/m1./s1. The highest BCUT2D eigenvalue weighted by molar-refractivity contribution is 8.01. The minimum atomic E-state index is -1.19. The van der Waals surface area contributed by atoms with Gasteiger partial charge in [0.1, 0.15) is 33.9 Å². The first kappa shape index (κ1) is 27.0. The number of nitrogens with two attached hydrogens (primary N) is 1. The van der Waals surface area contributed by atoms with Crippen molar-refractivity contribution in [3.8, 4) is 5.75 Å². The van der Waals surface area contributed by atoms with Gasteiger partial charge in [0.25, 0.3) is 5.91 Å². The maximum absolute atomic E-state index is 12.7. The maximum atomic E-state index is 12.7. The van der Waals surface area contributed by atoms with E-state index in [4.69, 9.17) is 11.0 Å². The van der Waals surface area contributed by atoms with Crippen LogP contribution in [0.4, 0.5) is 0 Å². The minimum Gasteiger partial charge on any atom is -0.508 e. The third-order valence-corrected chi connectivity index (χ3v) is 7.32. The van der Waals surface area contributed by atoms with Gasteiger partial charge < -0.3 is 26.2 Å². The molecule has 0 radical (unpaired) electrons. The summed E-state index contributed by atoms with van der Waals surface area (Å²) in [7, 11) is 0. The van der Waals surface area contributed by atoms with Gasteiger partial charge in [-0.15, -0.1) is 16.9 Å². The van der Waals surface area contributed by atoms with Crippen LogP contribution in [0.5, 0.6) is 5.75 Å². The average Bonchev–Trinajstić information content (AvgIpc) is 3.39. The number of phenolic OH excluding ortho intramolecular Hbond substituents is 1. The Hall–Kier alpha value is -3.60. The van der Waals surface area contributed by atoms with Gasteiger partial charge in [-0.25, -0.2) is 9.59 Å². The molecule has 1 aromatic heterocycles. The molecular formula is C20H22N6O8S2. The number of carbonyl (C=O) groups excluding carboxylic acids is 3. The van der Waals surface area contributed by atoms with E-state index in [1.165, 1.54) is 58.9 Å². The number of nitrogens with one attached hydrogen (secondary N) is 2. The molecule has 4 rings (SSSR count). The molecule has 2 amide bonds. The number of benzene rings is 1. The molecule has 14 nitrogen and oxygen atoms in total. The Morgan fingerprint density at radius 1 is 1.36 bits per heavy atom. The van der Waals surface area contributed by atoms with E-state index >= 15 is 0 Å². The lowest BCUT2D eigenvalue weighted by molar-refractivity contribution is -0.231. The number of thioether (sulfide) groups is 2. The summed E-state index contributed by atoms with van der Waals surface area (Å²) < 4.78 is 0. The number of aromatic hydroxyl groups is 1. The Kier molecular flexibility index (Phi) is 8.92. The fourth-order valence-electron chi connectivity index (χ4n) is 3.29. The number of β-lactam (4-membered cyclic amide) rings is 1. The zero-order valence-corrected chi connectivity index (χ0v) is 20.3. The highest BCUT2D eigenvalue weighted by Crippen LogP contribution is 2.41. The summed E-state index contributed by atoms with van der Waals surface area (Å²) in [6, 6.07) is 3.98. The number of nitrogens with zero attached hydrogens (tertiary/aromatic N) is 3. The number of carboxylic acids is 1. The molecule has 2 aliphatic heterocycles. The summed E-state index contributed by atoms with van der Waals surface area (Å²) in [6.07, 6.45) is 1.53. The number of fused-ring (bicyclic) bond motifs is 1. The predicted octanol–water partition coefficient (Wildman–Crippen LogP) is 0.0635. The fourth-order valence-corrected chi connectivity index (χ4v) is 5.56. The average molecular weight is 539 g/mol. The zero-order chi connectivity index (χ0) is 26.4. The molecule has 16 heteroatoms. The monoisotopic (exact) mass is 538 g/mol. The summed E-state index contributed by atoms with van der Waals surface area (Å²) in [5.41, 5.74) is 6.99. The Bertz CT molecular complexity index is 1160. The second-order valence-corrected chi connectivity index (χ2v) is 9.50. The van der Waals surface area contributed by atoms with Crippen molar-refractivity contribution in [3.05, 3.63) is 47.3 Å². The van der Waals surface area contributed by atoms with E-state index in [0.717, 1.165) is 6.92 Å². The molecule has 2 aromatic rings. The molecule has 1 saturated heterocycles. The summed E-state index contributed by atoms with van der Waals surface area (Å²) in [5.74, 6) is -2.14. The summed E-state index contributed by atoms with van der Waals surface area (Å²) in [5, 5.41) is 39.2. The molecule has 1 fully saturated rings. The van der Waals surface area contributed by atoms with E-state index < -0.39 is 41.2 Å².